The second-order valence-electron chi connectivity index (χ2n) is 5.63. The molecule has 0 bridgehead atoms. The summed E-state index contributed by atoms with van der Waals surface area (Å²) in [6, 6.07) is 2.23. The summed E-state index contributed by atoms with van der Waals surface area (Å²) in [5.74, 6) is 0.813. The molecule has 2 heterocycles. The molecule has 4 heteroatoms. The van der Waals surface area contributed by atoms with Crippen LogP contribution < -0.4 is 5.32 Å². The van der Waals surface area contributed by atoms with Crippen molar-refractivity contribution in [1.82, 2.24) is 20.0 Å². The monoisotopic (exact) mass is 264 g/mol. The fourth-order valence-electron chi connectivity index (χ4n) is 2.98. The standard InChI is InChI=1S/C15H28N4/c1-4-18(11-14-7-6-8-16-10-14)12-15-9-13(3)17-19(15)5-2/h9,14,16H,4-8,10-12H2,1-3H3. The van der Waals surface area contributed by atoms with E-state index in [4.69, 9.17) is 0 Å². The largest absolute Gasteiger partial charge is 0.316 e. The van der Waals surface area contributed by atoms with Crippen molar-refractivity contribution >= 4 is 0 Å². The maximum atomic E-state index is 4.54. The van der Waals surface area contributed by atoms with E-state index < -0.39 is 0 Å². The summed E-state index contributed by atoms with van der Waals surface area (Å²) < 4.78 is 2.14. The highest BCUT2D eigenvalue weighted by molar-refractivity contribution is 5.08. The number of rotatable bonds is 6. The van der Waals surface area contributed by atoms with Gasteiger partial charge >= 0.3 is 0 Å². The number of aromatic nitrogens is 2. The third-order valence-corrected chi connectivity index (χ3v) is 4.03. The highest BCUT2D eigenvalue weighted by atomic mass is 15.3. The summed E-state index contributed by atoms with van der Waals surface area (Å²) in [6.07, 6.45) is 2.70. The van der Waals surface area contributed by atoms with Crippen LogP contribution in [0, 0.1) is 12.8 Å². The number of hydrogen-bond acceptors (Lipinski definition) is 3. The van der Waals surface area contributed by atoms with E-state index in [9.17, 15) is 0 Å². The molecule has 4 nitrogen and oxygen atoms in total. The van der Waals surface area contributed by atoms with E-state index in [1.54, 1.807) is 0 Å². The normalized spacial score (nSPS) is 20.1. The van der Waals surface area contributed by atoms with Crippen molar-refractivity contribution in [2.45, 2.75) is 46.7 Å². The molecule has 2 rings (SSSR count). The molecule has 1 saturated heterocycles. The lowest BCUT2D eigenvalue weighted by molar-refractivity contribution is 0.205. The van der Waals surface area contributed by atoms with Crippen LogP contribution in [0.3, 0.4) is 0 Å². The zero-order chi connectivity index (χ0) is 13.7. The van der Waals surface area contributed by atoms with Gasteiger partial charge in [-0.15, -0.1) is 0 Å². The van der Waals surface area contributed by atoms with Crippen molar-refractivity contribution < 1.29 is 0 Å². The van der Waals surface area contributed by atoms with Crippen molar-refractivity contribution in [3.63, 3.8) is 0 Å². The van der Waals surface area contributed by atoms with Gasteiger partial charge < -0.3 is 5.32 Å². The SMILES string of the molecule is CCN(Cc1cc(C)nn1CC)CC1CCCNC1. The van der Waals surface area contributed by atoms with Crippen LogP contribution in [0.1, 0.15) is 38.1 Å². The van der Waals surface area contributed by atoms with E-state index in [1.165, 1.54) is 38.2 Å². The smallest absolute Gasteiger partial charge is 0.0597 e. The van der Waals surface area contributed by atoms with Gasteiger partial charge in [-0.05, 0) is 58.3 Å². The number of nitrogens with zero attached hydrogens (tertiary/aromatic N) is 3. The minimum atomic E-state index is 0.813. The van der Waals surface area contributed by atoms with Gasteiger partial charge in [0, 0.05) is 19.6 Å². The third-order valence-electron chi connectivity index (χ3n) is 4.03. The van der Waals surface area contributed by atoms with Crippen LogP contribution in [-0.4, -0.2) is 40.9 Å². The summed E-state index contributed by atoms with van der Waals surface area (Å²) in [6.45, 7) is 13.2. The third kappa shape index (κ3) is 4.05. The van der Waals surface area contributed by atoms with Crippen LogP contribution in [-0.2, 0) is 13.1 Å². The average molecular weight is 264 g/mol. The topological polar surface area (TPSA) is 33.1 Å². The van der Waals surface area contributed by atoms with Crippen LogP contribution in [0.4, 0.5) is 0 Å². The molecule has 0 saturated carbocycles. The zero-order valence-corrected chi connectivity index (χ0v) is 12.7. The zero-order valence-electron chi connectivity index (χ0n) is 12.7. The van der Waals surface area contributed by atoms with E-state index in [0.29, 0.717) is 0 Å². The molecule has 1 aliphatic rings. The van der Waals surface area contributed by atoms with Gasteiger partial charge in [0.1, 0.15) is 0 Å². The minimum absolute atomic E-state index is 0.813. The van der Waals surface area contributed by atoms with E-state index in [2.05, 4.69) is 46.8 Å². The van der Waals surface area contributed by atoms with Crippen molar-refractivity contribution in [2.75, 3.05) is 26.2 Å². The Balaban J connectivity index is 1.93. The van der Waals surface area contributed by atoms with E-state index in [0.717, 1.165) is 31.2 Å². The summed E-state index contributed by atoms with van der Waals surface area (Å²) in [5, 5.41) is 8.05. The average Bonchev–Trinajstić information content (AvgIpc) is 2.79. The van der Waals surface area contributed by atoms with Crippen molar-refractivity contribution in [3.05, 3.63) is 17.5 Å². The fraction of sp³-hybridized carbons (Fsp3) is 0.800. The van der Waals surface area contributed by atoms with Gasteiger partial charge in [0.05, 0.1) is 11.4 Å². The van der Waals surface area contributed by atoms with E-state index in [1.807, 2.05) is 0 Å². The Kier molecular flexibility index (Phi) is 5.40. The molecular formula is C15H28N4. The maximum Gasteiger partial charge on any atom is 0.0597 e. The highest BCUT2D eigenvalue weighted by Gasteiger charge is 2.17. The summed E-state index contributed by atoms with van der Waals surface area (Å²) in [4.78, 5) is 2.56. The molecule has 1 unspecified atom stereocenters. The van der Waals surface area contributed by atoms with Crippen molar-refractivity contribution in [1.29, 1.82) is 0 Å². The Morgan fingerprint density at radius 1 is 1.47 bits per heavy atom. The van der Waals surface area contributed by atoms with Gasteiger partial charge in [-0.25, -0.2) is 0 Å². The van der Waals surface area contributed by atoms with Gasteiger partial charge in [0.25, 0.3) is 0 Å². The van der Waals surface area contributed by atoms with Gasteiger partial charge in [-0.1, -0.05) is 6.92 Å². The van der Waals surface area contributed by atoms with E-state index >= 15 is 0 Å². The Hall–Kier alpha value is -0.870. The lowest BCUT2D eigenvalue weighted by Gasteiger charge is -2.29. The number of hydrogen-bond donors (Lipinski definition) is 1. The first-order valence-electron chi connectivity index (χ1n) is 7.69. The molecule has 0 spiro atoms. The quantitative estimate of drug-likeness (QED) is 0.853. The van der Waals surface area contributed by atoms with Gasteiger partial charge in [-0.3, -0.25) is 9.58 Å². The second kappa shape index (κ2) is 7.06. The predicted octanol–water partition coefficient (Wildman–Crippen LogP) is 2.03. The first kappa shape index (κ1) is 14.5. The molecule has 1 aliphatic heterocycles. The van der Waals surface area contributed by atoms with Crippen LogP contribution >= 0.6 is 0 Å². The number of nitrogens with one attached hydrogen (secondary N) is 1. The predicted molar refractivity (Wildman–Crippen MR) is 79.2 cm³/mol. The Bertz CT molecular complexity index is 379. The molecule has 0 aliphatic carbocycles. The molecule has 19 heavy (non-hydrogen) atoms. The first-order valence-corrected chi connectivity index (χ1v) is 7.69. The molecule has 0 radical (unpaired) electrons. The Morgan fingerprint density at radius 2 is 2.32 bits per heavy atom. The second-order valence-corrected chi connectivity index (χ2v) is 5.63. The van der Waals surface area contributed by atoms with Crippen LogP contribution in [0.25, 0.3) is 0 Å². The molecule has 0 aromatic carbocycles. The first-order chi connectivity index (χ1) is 9.22. The molecule has 108 valence electrons. The van der Waals surface area contributed by atoms with Crippen LogP contribution in [0.2, 0.25) is 0 Å². The Morgan fingerprint density at radius 3 is 2.95 bits per heavy atom. The van der Waals surface area contributed by atoms with Crippen molar-refractivity contribution in [2.24, 2.45) is 5.92 Å². The molecule has 1 fully saturated rings. The maximum absolute atomic E-state index is 4.54. The minimum Gasteiger partial charge on any atom is -0.316 e. The van der Waals surface area contributed by atoms with Gasteiger partial charge in [0.15, 0.2) is 0 Å². The van der Waals surface area contributed by atoms with E-state index in [-0.39, 0.29) is 0 Å². The molecular weight excluding hydrogens is 236 g/mol. The van der Waals surface area contributed by atoms with Crippen LogP contribution in [0.5, 0.6) is 0 Å². The molecule has 1 aromatic heterocycles. The van der Waals surface area contributed by atoms with Crippen molar-refractivity contribution in [3.8, 4) is 0 Å². The Labute approximate surface area is 117 Å². The summed E-state index contributed by atoms with van der Waals surface area (Å²) >= 11 is 0. The number of aryl methyl sites for hydroxylation is 2. The number of piperidine rings is 1. The highest BCUT2D eigenvalue weighted by Crippen LogP contribution is 2.14. The summed E-state index contributed by atoms with van der Waals surface area (Å²) in [7, 11) is 0. The summed E-state index contributed by atoms with van der Waals surface area (Å²) in [5.41, 5.74) is 2.48. The molecule has 0 amide bonds. The van der Waals surface area contributed by atoms with Gasteiger partial charge in [0.2, 0.25) is 0 Å². The lowest BCUT2D eigenvalue weighted by Crippen LogP contribution is -2.38. The molecule has 1 atom stereocenters. The lowest BCUT2D eigenvalue weighted by atomic mass is 9.99. The molecule has 1 N–H and O–H groups in total. The van der Waals surface area contributed by atoms with Crippen LogP contribution in [0.15, 0.2) is 6.07 Å². The molecule has 1 aromatic rings. The van der Waals surface area contributed by atoms with Gasteiger partial charge in [-0.2, -0.15) is 5.10 Å². The fourth-order valence-corrected chi connectivity index (χ4v) is 2.98.